The summed E-state index contributed by atoms with van der Waals surface area (Å²) >= 11 is 1.53. The average Bonchev–Trinajstić information content (AvgIpc) is 3.60. The molecular weight excluding hydrogens is 659 g/mol. The lowest BCUT2D eigenvalue weighted by atomic mass is 9.85. The van der Waals surface area contributed by atoms with E-state index in [1.165, 1.54) is 25.6 Å². The summed E-state index contributed by atoms with van der Waals surface area (Å²) in [5.41, 5.74) is 1.37. The fraction of sp³-hybridized carbons (Fsp3) is 0.486. The number of ether oxygens (including phenoxy) is 2. The summed E-state index contributed by atoms with van der Waals surface area (Å²) in [5, 5.41) is 25.9. The maximum Gasteiger partial charge on any atom is 0.407 e. The van der Waals surface area contributed by atoms with E-state index in [9.17, 15) is 24.3 Å². The van der Waals surface area contributed by atoms with E-state index in [1.807, 2.05) is 102 Å². The number of thiazole rings is 1. The fourth-order valence-corrected chi connectivity index (χ4v) is 6.13. The van der Waals surface area contributed by atoms with E-state index in [1.54, 1.807) is 6.20 Å². The zero-order valence-corrected chi connectivity index (χ0v) is 30.9. The number of methoxy groups -OCH3 is 2. The number of carbonyl (C=O) groups is 4. The van der Waals surface area contributed by atoms with Crippen LogP contribution in [-0.4, -0.2) is 78.6 Å². The Hall–Kier alpha value is -4.49. The van der Waals surface area contributed by atoms with E-state index >= 15 is 0 Å². The standard InChI is InChI=1S/C37H51N5O7S/c1-36(2,3)29(41-34(46)48-7)31(44)39-26(20-24-14-16-25(17-15-24)33-38-18-19-50-33)22-28(43)27(21-23-12-10-9-11-13-23)40-32(45)30(37(4,5)6)42-35(47)49-8/h9-19,26-30,43H,20-22H2,1-8H3,(H,39,44)(H,40,45)(H,41,46)(H,42,47)/t26-,27?,28?,29+,30+/m0/s1. The number of nitrogens with one attached hydrogen (secondary N) is 4. The first kappa shape index (κ1) is 39.9. The number of alkyl carbamates (subject to hydrolysis) is 2. The van der Waals surface area contributed by atoms with Crippen LogP contribution in [0.15, 0.2) is 66.2 Å². The lowest BCUT2D eigenvalue weighted by molar-refractivity contribution is -0.128. The average molecular weight is 710 g/mol. The number of aliphatic hydroxyl groups excluding tert-OH is 1. The van der Waals surface area contributed by atoms with E-state index < -0.39 is 65.1 Å². The molecule has 0 saturated heterocycles. The van der Waals surface area contributed by atoms with Crippen LogP contribution in [0.3, 0.4) is 0 Å². The van der Waals surface area contributed by atoms with Crippen molar-refractivity contribution in [2.45, 2.75) is 91.1 Å². The number of benzene rings is 2. The molecule has 1 aromatic heterocycles. The Morgan fingerprint density at radius 3 is 1.74 bits per heavy atom. The zero-order valence-electron chi connectivity index (χ0n) is 30.1. The second-order valence-corrected chi connectivity index (χ2v) is 15.3. The Morgan fingerprint density at radius 2 is 1.26 bits per heavy atom. The second kappa shape index (κ2) is 18.0. The number of hydrogen-bond acceptors (Lipinski definition) is 9. The van der Waals surface area contributed by atoms with Gasteiger partial charge in [0.2, 0.25) is 11.8 Å². The van der Waals surface area contributed by atoms with Gasteiger partial charge in [0.1, 0.15) is 17.1 Å². The summed E-state index contributed by atoms with van der Waals surface area (Å²) in [6.07, 6.45) is -0.213. The monoisotopic (exact) mass is 709 g/mol. The predicted molar refractivity (Wildman–Crippen MR) is 193 cm³/mol. The predicted octanol–water partition coefficient (Wildman–Crippen LogP) is 4.86. The molecule has 12 nitrogen and oxygen atoms in total. The minimum atomic E-state index is -1.14. The van der Waals surface area contributed by atoms with Crippen molar-refractivity contribution >= 4 is 35.3 Å². The molecule has 0 aliphatic heterocycles. The zero-order chi connectivity index (χ0) is 37.1. The van der Waals surface area contributed by atoms with Crippen molar-refractivity contribution in [2.24, 2.45) is 10.8 Å². The van der Waals surface area contributed by atoms with E-state index in [4.69, 9.17) is 9.47 Å². The topological polar surface area (TPSA) is 168 Å². The summed E-state index contributed by atoms with van der Waals surface area (Å²) in [4.78, 5) is 56.3. The molecule has 0 aliphatic carbocycles. The normalized spacial score (nSPS) is 14.7. The SMILES string of the molecule is COC(=O)N[C@H](C(=O)NC(Cc1ccccc1)C(O)C[C@H](Cc1ccc(-c2nccs2)cc1)NC(=O)[C@@H](NC(=O)OC)C(C)(C)C)C(C)(C)C. The molecule has 0 bridgehead atoms. The molecule has 2 unspecified atom stereocenters. The van der Waals surface area contributed by atoms with Gasteiger partial charge in [0.05, 0.1) is 26.4 Å². The third-order valence-electron chi connectivity index (χ3n) is 8.23. The van der Waals surface area contributed by atoms with Crippen molar-refractivity contribution in [3.63, 3.8) is 0 Å². The van der Waals surface area contributed by atoms with Crippen molar-refractivity contribution in [1.29, 1.82) is 0 Å². The Labute approximate surface area is 298 Å². The molecule has 3 aromatic rings. The van der Waals surface area contributed by atoms with Crippen LogP contribution in [0.25, 0.3) is 10.6 Å². The van der Waals surface area contributed by atoms with Gasteiger partial charge in [-0.2, -0.15) is 0 Å². The molecule has 0 radical (unpaired) electrons. The van der Waals surface area contributed by atoms with Crippen LogP contribution in [0.2, 0.25) is 0 Å². The Morgan fingerprint density at radius 1 is 0.740 bits per heavy atom. The third kappa shape index (κ3) is 12.1. The number of amides is 4. The maximum atomic E-state index is 13.8. The molecule has 50 heavy (non-hydrogen) atoms. The first-order valence-electron chi connectivity index (χ1n) is 16.5. The van der Waals surface area contributed by atoms with Gasteiger partial charge in [0.15, 0.2) is 0 Å². The molecular formula is C37H51N5O7S. The first-order valence-corrected chi connectivity index (χ1v) is 17.4. The maximum absolute atomic E-state index is 13.8. The first-order chi connectivity index (χ1) is 23.5. The molecule has 0 aliphatic rings. The van der Waals surface area contributed by atoms with Crippen molar-refractivity contribution in [2.75, 3.05) is 14.2 Å². The Balaban J connectivity index is 1.94. The minimum absolute atomic E-state index is 0.0530. The smallest absolute Gasteiger partial charge is 0.407 e. The van der Waals surface area contributed by atoms with Gasteiger partial charge in [0.25, 0.3) is 0 Å². The lowest BCUT2D eigenvalue weighted by Gasteiger charge is -2.34. The highest BCUT2D eigenvalue weighted by Crippen LogP contribution is 2.25. The van der Waals surface area contributed by atoms with E-state index in [0.29, 0.717) is 6.42 Å². The second-order valence-electron chi connectivity index (χ2n) is 14.4. The largest absolute Gasteiger partial charge is 0.453 e. The molecule has 0 fully saturated rings. The van der Waals surface area contributed by atoms with Crippen LogP contribution < -0.4 is 21.3 Å². The fourth-order valence-electron chi connectivity index (χ4n) is 5.49. The van der Waals surface area contributed by atoms with Gasteiger partial charge in [-0.05, 0) is 41.2 Å². The van der Waals surface area contributed by atoms with E-state index in [-0.39, 0.29) is 12.8 Å². The number of carbonyl (C=O) groups excluding carboxylic acids is 4. The summed E-state index contributed by atoms with van der Waals surface area (Å²) in [5.74, 6) is -0.936. The molecule has 2 aromatic carbocycles. The van der Waals surface area contributed by atoms with Crippen LogP contribution in [0, 0.1) is 10.8 Å². The molecule has 272 valence electrons. The van der Waals surface area contributed by atoms with Crippen LogP contribution in [0.5, 0.6) is 0 Å². The number of rotatable bonds is 14. The van der Waals surface area contributed by atoms with Gasteiger partial charge < -0.3 is 35.8 Å². The number of hydrogen-bond donors (Lipinski definition) is 5. The Bertz CT molecular complexity index is 1540. The van der Waals surface area contributed by atoms with Crippen LogP contribution in [0.1, 0.15) is 59.1 Å². The van der Waals surface area contributed by atoms with Gasteiger partial charge in [0, 0.05) is 23.2 Å². The summed E-state index contributed by atoms with van der Waals surface area (Å²) in [6.45, 7) is 10.9. The van der Waals surface area contributed by atoms with Gasteiger partial charge in [-0.3, -0.25) is 9.59 Å². The highest BCUT2D eigenvalue weighted by molar-refractivity contribution is 7.13. The number of nitrogens with zero attached hydrogens (tertiary/aromatic N) is 1. The third-order valence-corrected chi connectivity index (χ3v) is 9.05. The van der Waals surface area contributed by atoms with Crippen LogP contribution >= 0.6 is 11.3 Å². The molecule has 5 N–H and O–H groups in total. The van der Waals surface area contributed by atoms with Gasteiger partial charge in [-0.25, -0.2) is 14.6 Å². The van der Waals surface area contributed by atoms with Gasteiger partial charge in [-0.1, -0.05) is 96.1 Å². The molecule has 13 heteroatoms. The van der Waals surface area contributed by atoms with Crippen LogP contribution in [-0.2, 0) is 31.9 Å². The van der Waals surface area contributed by atoms with E-state index in [0.717, 1.165) is 21.7 Å². The number of aromatic nitrogens is 1. The highest BCUT2D eigenvalue weighted by Gasteiger charge is 2.37. The van der Waals surface area contributed by atoms with Crippen molar-refractivity contribution in [1.82, 2.24) is 26.3 Å². The molecule has 0 spiro atoms. The molecule has 0 saturated carbocycles. The summed E-state index contributed by atoms with van der Waals surface area (Å²) < 4.78 is 9.55. The molecule has 4 amide bonds. The van der Waals surface area contributed by atoms with Gasteiger partial charge in [-0.15, -0.1) is 11.3 Å². The molecule has 1 heterocycles. The lowest BCUT2D eigenvalue weighted by Crippen LogP contribution is -2.59. The summed E-state index contributed by atoms with van der Waals surface area (Å²) in [7, 11) is 2.45. The van der Waals surface area contributed by atoms with Crippen molar-refractivity contribution in [3.8, 4) is 10.6 Å². The molecule has 3 rings (SSSR count). The van der Waals surface area contributed by atoms with Crippen molar-refractivity contribution < 1.29 is 33.8 Å². The summed E-state index contributed by atoms with van der Waals surface area (Å²) in [6, 6.07) is 13.9. The quantitative estimate of drug-likeness (QED) is 0.158. The highest BCUT2D eigenvalue weighted by atomic mass is 32.1. The van der Waals surface area contributed by atoms with E-state index in [2.05, 4.69) is 26.3 Å². The minimum Gasteiger partial charge on any atom is -0.453 e. The molecule has 5 atom stereocenters. The van der Waals surface area contributed by atoms with Crippen molar-refractivity contribution in [3.05, 3.63) is 77.3 Å². The Kier molecular flexibility index (Phi) is 14.3. The van der Waals surface area contributed by atoms with Crippen LogP contribution in [0.4, 0.5) is 9.59 Å². The number of aliphatic hydroxyl groups is 1. The van der Waals surface area contributed by atoms with Gasteiger partial charge >= 0.3 is 12.2 Å².